The molecule has 1 saturated heterocycles. The fraction of sp³-hybridized carbons (Fsp3) is 0.882. The van der Waals surface area contributed by atoms with Gasteiger partial charge in [0.15, 0.2) is 0 Å². The average molecular weight is 346 g/mol. The normalized spacial score (nSPS) is 24.6. The van der Waals surface area contributed by atoms with Crippen LogP contribution < -0.4 is 5.32 Å². The van der Waals surface area contributed by atoms with Gasteiger partial charge in [0.2, 0.25) is 11.8 Å². The molecule has 1 atom stereocenters. The van der Waals surface area contributed by atoms with Crippen LogP contribution in [0.2, 0.25) is 0 Å². The van der Waals surface area contributed by atoms with Crippen LogP contribution in [0.3, 0.4) is 0 Å². The van der Waals surface area contributed by atoms with Gasteiger partial charge in [-0.15, -0.1) is 0 Å². The predicted octanol–water partition coefficient (Wildman–Crippen LogP) is 2.34. The summed E-state index contributed by atoms with van der Waals surface area (Å²) in [5.74, 6) is -3.17. The summed E-state index contributed by atoms with van der Waals surface area (Å²) in [7, 11) is 0. The van der Waals surface area contributed by atoms with E-state index < -0.39 is 17.3 Å². The molecule has 2 fully saturated rings. The minimum Gasteiger partial charge on any atom is -0.465 e. The van der Waals surface area contributed by atoms with Crippen LogP contribution in [0.25, 0.3) is 0 Å². The van der Waals surface area contributed by atoms with E-state index in [0.717, 1.165) is 13.0 Å². The molecule has 0 bridgehead atoms. The number of nitrogens with one attached hydrogen (secondary N) is 1. The molecule has 0 aromatic heterocycles. The van der Waals surface area contributed by atoms with E-state index in [9.17, 15) is 18.4 Å². The number of alkyl halides is 2. The Hall–Kier alpha value is -1.24. The van der Waals surface area contributed by atoms with Crippen molar-refractivity contribution in [2.75, 3.05) is 19.7 Å². The zero-order chi connectivity index (χ0) is 18.0. The van der Waals surface area contributed by atoms with Crippen LogP contribution in [0.1, 0.15) is 52.9 Å². The van der Waals surface area contributed by atoms with Crippen molar-refractivity contribution in [1.29, 1.82) is 0 Å². The largest absolute Gasteiger partial charge is 0.465 e. The van der Waals surface area contributed by atoms with E-state index in [1.54, 1.807) is 18.7 Å². The smallest absolute Gasteiger partial charge is 0.302 e. The molecule has 138 valence electrons. The van der Waals surface area contributed by atoms with E-state index in [0.29, 0.717) is 19.4 Å². The zero-order valence-electron chi connectivity index (χ0n) is 14.7. The zero-order valence-corrected chi connectivity index (χ0v) is 14.7. The second-order valence-corrected chi connectivity index (χ2v) is 7.61. The van der Waals surface area contributed by atoms with Gasteiger partial charge in [-0.1, -0.05) is 0 Å². The fourth-order valence-corrected chi connectivity index (χ4v) is 3.50. The third-order valence-electron chi connectivity index (χ3n) is 4.96. The minimum atomic E-state index is -2.62. The minimum absolute atomic E-state index is 0.000689. The summed E-state index contributed by atoms with van der Waals surface area (Å²) in [6.45, 7) is 6.29. The number of amides is 1. The highest BCUT2D eigenvalue weighted by atomic mass is 19.3. The Kier molecular flexibility index (Phi) is 5.83. The lowest BCUT2D eigenvalue weighted by atomic mass is 9.86. The van der Waals surface area contributed by atoms with Crippen LogP contribution in [0.5, 0.6) is 0 Å². The number of rotatable bonds is 5. The van der Waals surface area contributed by atoms with Crippen molar-refractivity contribution >= 4 is 11.9 Å². The van der Waals surface area contributed by atoms with E-state index in [2.05, 4.69) is 5.32 Å². The second-order valence-electron chi connectivity index (χ2n) is 7.61. The van der Waals surface area contributed by atoms with Gasteiger partial charge in [0.1, 0.15) is 6.61 Å². The number of esters is 1. The first-order valence-electron chi connectivity index (χ1n) is 8.67. The monoisotopic (exact) mass is 346 g/mol. The van der Waals surface area contributed by atoms with E-state index in [1.165, 1.54) is 6.92 Å². The molecular formula is C17H28F2N2O3. The summed E-state index contributed by atoms with van der Waals surface area (Å²) in [5.41, 5.74) is -0.867. The fourth-order valence-electron chi connectivity index (χ4n) is 3.50. The van der Waals surface area contributed by atoms with Crippen molar-refractivity contribution in [2.45, 2.75) is 70.9 Å². The molecule has 1 aliphatic heterocycles. The first-order chi connectivity index (χ1) is 11.1. The topological polar surface area (TPSA) is 58.6 Å². The van der Waals surface area contributed by atoms with Crippen molar-refractivity contribution in [3.63, 3.8) is 0 Å². The molecule has 2 aliphatic rings. The van der Waals surface area contributed by atoms with Crippen LogP contribution in [0, 0.1) is 5.41 Å². The molecule has 1 N–H and O–H groups in total. The summed E-state index contributed by atoms with van der Waals surface area (Å²) >= 11 is 0. The van der Waals surface area contributed by atoms with Crippen LogP contribution in [-0.4, -0.2) is 54.5 Å². The van der Waals surface area contributed by atoms with Gasteiger partial charge in [0.25, 0.3) is 0 Å². The molecule has 1 heterocycles. The van der Waals surface area contributed by atoms with Gasteiger partial charge >= 0.3 is 5.97 Å². The number of ether oxygens (including phenoxy) is 1. The molecule has 0 unspecified atom stereocenters. The number of carbonyl (C=O) groups is 2. The van der Waals surface area contributed by atoms with Crippen molar-refractivity contribution in [2.24, 2.45) is 5.41 Å². The van der Waals surface area contributed by atoms with Gasteiger partial charge in [0.05, 0.1) is 5.41 Å². The van der Waals surface area contributed by atoms with Crippen LogP contribution >= 0.6 is 0 Å². The maximum absolute atomic E-state index is 13.5. The standard InChI is InChI=1S/C17H28F2N2O3/c1-12(22)24-11-16(2,3)15(23)21(14-6-9-20-10-14)13-4-7-17(18,19)8-5-13/h13-14,20H,4-11H2,1-3H3/t14-/m0/s1. The molecule has 1 aliphatic carbocycles. The second kappa shape index (κ2) is 7.33. The molecule has 2 rings (SSSR count). The molecule has 1 amide bonds. The Morgan fingerprint density at radius 3 is 2.33 bits per heavy atom. The molecule has 0 radical (unpaired) electrons. The van der Waals surface area contributed by atoms with Crippen LogP contribution in [-0.2, 0) is 14.3 Å². The highest BCUT2D eigenvalue weighted by Gasteiger charge is 2.44. The number of hydrogen-bond acceptors (Lipinski definition) is 4. The van der Waals surface area contributed by atoms with Crippen molar-refractivity contribution in [3.05, 3.63) is 0 Å². The quantitative estimate of drug-likeness (QED) is 0.777. The Balaban J connectivity index is 2.13. The Bertz CT molecular complexity index is 466. The van der Waals surface area contributed by atoms with Gasteiger partial charge in [-0.05, 0) is 39.7 Å². The van der Waals surface area contributed by atoms with Gasteiger partial charge in [-0.2, -0.15) is 0 Å². The lowest BCUT2D eigenvalue weighted by Gasteiger charge is -2.43. The summed E-state index contributed by atoms with van der Waals surface area (Å²) < 4.78 is 32.0. The van der Waals surface area contributed by atoms with Gasteiger partial charge in [-0.3, -0.25) is 9.59 Å². The maximum atomic E-state index is 13.5. The van der Waals surface area contributed by atoms with E-state index in [1.807, 2.05) is 0 Å². The summed E-state index contributed by atoms with van der Waals surface area (Å²) in [6.07, 6.45) is 1.11. The Labute approximate surface area is 142 Å². The molecule has 0 spiro atoms. The Morgan fingerprint density at radius 1 is 1.21 bits per heavy atom. The number of nitrogens with zero attached hydrogens (tertiary/aromatic N) is 1. The number of hydrogen-bond donors (Lipinski definition) is 1. The molecular weight excluding hydrogens is 318 g/mol. The number of carbonyl (C=O) groups excluding carboxylic acids is 2. The number of halogens is 2. The summed E-state index contributed by atoms with van der Waals surface area (Å²) in [4.78, 5) is 26.0. The van der Waals surface area contributed by atoms with Gasteiger partial charge in [-0.25, -0.2) is 8.78 Å². The van der Waals surface area contributed by atoms with Crippen molar-refractivity contribution in [1.82, 2.24) is 10.2 Å². The van der Waals surface area contributed by atoms with Crippen molar-refractivity contribution in [3.8, 4) is 0 Å². The van der Waals surface area contributed by atoms with Gasteiger partial charge < -0.3 is 15.0 Å². The molecule has 0 aromatic rings. The highest BCUT2D eigenvalue weighted by molar-refractivity contribution is 5.83. The van der Waals surface area contributed by atoms with Crippen LogP contribution in [0.15, 0.2) is 0 Å². The van der Waals surface area contributed by atoms with E-state index in [-0.39, 0.29) is 37.4 Å². The molecule has 0 aromatic carbocycles. The summed E-state index contributed by atoms with van der Waals surface area (Å²) in [5, 5.41) is 3.24. The first-order valence-corrected chi connectivity index (χ1v) is 8.67. The third-order valence-corrected chi connectivity index (χ3v) is 4.96. The molecule has 7 heteroatoms. The van der Waals surface area contributed by atoms with Crippen LogP contribution in [0.4, 0.5) is 8.78 Å². The van der Waals surface area contributed by atoms with Crippen molar-refractivity contribution < 1.29 is 23.1 Å². The summed E-state index contributed by atoms with van der Waals surface area (Å²) in [6, 6.07) is -0.149. The molecule has 24 heavy (non-hydrogen) atoms. The predicted molar refractivity (Wildman–Crippen MR) is 85.7 cm³/mol. The highest BCUT2D eigenvalue weighted by Crippen LogP contribution is 2.37. The Morgan fingerprint density at radius 2 is 1.83 bits per heavy atom. The van der Waals surface area contributed by atoms with E-state index >= 15 is 0 Å². The average Bonchev–Trinajstić information content (AvgIpc) is 3.01. The lowest BCUT2D eigenvalue weighted by molar-refractivity contribution is -0.156. The lowest BCUT2D eigenvalue weighted by Crippen LogP contribution is -2.55. The van der Waals surface area contributed by atoms with E-state index in [4.69, 9.17) is 4.74 Å². The third kappa shape index (κ3) is 4.65. The molecule has 1 saturated carbocycles. The maximum Gasteiger partial charge on any atom is 0.302 e. The first kappa shape index (κ1) is 19.1. The molecule has 5 nitrogen and oxygen atoms in total. The SMILES string of the molecule is CC(=O)OCC(C)(C)C(=O)N(C1CCC(F)(F)CC1)[C@H]1CCNC1. The van der Waals surface area contributed by atoms with Gasteiger partial charge in [0, 0.05) is 38.4 Å².